The fourth-order valence-electron chi connectivity index (χ4n) is 2.90. The second-order valence-corrected chi connectivity index (χ2v) is 10.2. The van der Waals surface area contributed by atoms with Crippen LogP contribution in [0, 0.1) is 13.8 Å². The molecule has 0 atom stereocenters. The second-order valence-electron chi connectivity index (χ2n) is 7.10. The summed E-state index contributed by atoms with van der Waals surface area (Å²) >= 11 is 3.92. The molecule has 0 radical (unpaired) electrons. The maximum atomic E-state index is 12.6. The lowest BCUT2D eigenvalue weighted by molar-refractivity contribution is -0.113. The highest BCUT2D eigenvalue weighted by Crippen LogP contribution is 2.34. The summed E-state index contributed by atoms with van der Waals surface area (Å²) in [6.45, 7) is 3.69. The molecule has 2 amide bonds. The highest BCUT2D eigenvalue weighted by atomic mass is 32.2. The molecule has 0 unspecified atom stereocenters. The number of hydrogen-bond donors (Lipinski definition) is 1. The molecule has 12 heteroatoms. The van der Waals surface area contributed by atoms with Crippen molar-refractivity contribution in [1.29, 1.82) is 0 Å². The number of nitrogens with one attached hydrogen (secondary N) is 1. The number of carbonyl (C=O) groups is 3. The van der Waals surface area contributed by atoms with E-state index in [0.717, 1.165) is 22.7 Å². The van der Waals surface area contributed by atoms with Crippen LogP contribution in [0.3, 0.4) is 0 Å². The number of thioether (sulfide) groups is 1. The van der Waals surface area contributed by atoms with Gasteiger partial charge in [0.2, 0.25) is 5.91 Å². The molecule has 3 heterocycles. The molecule has 0 spiro atoms. The summed E-state index contributed by atoms with van der Waals surface area (Å²) in [6, 6.07) is 2.04. The summed E-state index contributed by atoms with van der Waals surface area (Å²) in [7, 11) is 6.36. The van der Waals surface area contributed by atoms with Gasteiger partial charge in [-0.25, -0.2) is 4.79 Å². The molecule has 0 aromatic carbocycles. The summed E-state index contributed by atoms with van der Waals surface area (Å²) in [4.78, 5) is 40.3. The predicted octanol–water partition coefficient (Wildman–Crippen LogP) is 3.44. The average Bonchev–Trinajstić information content (AvgIpc) is 3.42. The van der Waals surface area contributed by atoms with Crippen molar-refractivity contribution in [1.82, 2.24) is 19.7 Å². The smallest absolute Gasteiger partial charge is 0.341 e. The van der Waals surface area contributed by atoms with Crippen molar-refractivity contribution in [2.75, 3.05) is 32.3 Å². The molecular weight excluding hydrogens is 470 g/mol. The molecule has 0 saturated carbocycles. The number of aromatic nitrogens is 3. The number of carbonyl (C=O) groups excluding carboxylic acids is 3. The van der Waals surface area contributed by atoms with Crippen molar-refractivity contribution in [2.45, 2.75) is 19.0 Å². The van der Waals surface area contributed by atoms with Gasteiger partial charge in [0, 0.05) is 37.0 Å². The lowest BCUT2D eigenvalue weighted by Gasteiger charge is -2.08. The van der Waals surface area contributed by atoms with Gasteiger partial charge in [-0.3, -0.25) is 9.59 Å². The third-order valence-electron chi connectivity index (χ3n) is 4.55. The largest absolute Gasteiger partial charge is 0.465 e. The Morgan fingerprint density at radius 1 is 1.25 bits per heavy atom. The van der Waals surface area contributed by atoms with Crippen LogP contribution in [0.2, 0.25) is 0 Å². The standard InChI is InChI=1S/C20H23N5O4S3/c1-10-7-12(8-30-10)16-22-23-20(25(16)5)31-9-13(26)21-17-14(19(28)29-6)11(2)15(32-17)18(27)24(3)4/h7-8H,9H2,1-6H3,(H,21,26). The van der Waals surface area contributed by atoms with Gasteiger partial charge in [-0.2, -0.15) is 0 Å². The van der Waals surface area contributed by atoms with Crippen molar-refractivity contribution in [3.8, 4) is 11.4 Å². The van der Waals surface area contributed by atoms with E-state index in [0.29, 0.717) is 15.6 Å². The first-order valence-electron chi connectivity index (χ1n) is 9.44. The van der Waals surface area contributed by atoms with E-state index in [4.69, 9.17) is 4.74 Å². The molecule has 3 aromatic heterocycles. The van der Waals surface area contributed by atoms with Crippen molar-refractivity contribution in [3.05, 3.63) is 32.3 Å². The van der Waals surface area contributed by atoms with Gasteiger partial charge in [-0.15, -0.1) is 32.9 Å². The Hall–Kier alpha value is -2.70. The minimum Gasteiger partial charge on any atom is -0.465 e. The number of esters is 1. The number of methoxy groups -OCH3 is 1. The number of rotatable bonds is 7. The summed E-state index contributed by atoms with van der Waals surface area (Å²) in [5, 5.41) is 14.0. The van der Waals surface area contributed by atoms with Gasteiger partial charge in [0.25, 0.3) is 5.91 Å². The molecule has 170 valence electrons. The zero-order chi connectivity index (χ0) is 23.6. The Labute approximate surface area is 197 Å². The van der Waals surface area contributed by atoms with Crippen LogP contribution in [0.5, 0.6) is 0 Å². The molecule has 32 heavy (non-hydrogen) atoms. The molecule has 9 nitrogen and oxygen atoms in total. The van der Waals surface area contributed by atoms with E-state index in [2.05, 4.69) is 15.5 Å². The van der Waals surface area contributed by atoms with Crippen molar-refractivity contribution < 1.29 is 19.1 Å². The van der Waals surface area contributed by atoms with E-state index in [9.17, 15) is 14.4 Å². The van der Waals surface area contributed by atoms with Gasteiger partial charge in [-0.05, 0) is 25.5 Å². The quantitative estimate of drug-likeness (QED) is 0.397. The SMILES string of the molecule is COC(=O)c1c(NC(=O)CSc2nnc(-c3csc(C)c3)n2C)sc(C(=O)N(C)C)c1C. The summed E-state index contributed by atoms with van der Waals surface area (Å²) < 4.78 is 6.69. The van der Waals surface area contributed by atoms with Crippen LogP contribution in [-0.2, 0) is 16.6 Å². The Morgan fingerprint density at radius 2 is 1.97 bits per heavy atom. The van der Waals surface area contributed by atoms with E-state index in [-0.39, 0.29) is 28.1 Å². The zero-order valence-corrected chi connectivity index (χ0v) is 21.0. The van der Waals surface area contributed by atoms with Crippen LogP contribution < -0.4 is 5.32 Å². The molecule has 0 aliphatic heterocycles. The third kappa shape index (κ3) is 4.87. The summed E-state index contributed by atoms with van der Waals surface area (Å²) in [6.07, 6.45) is 0. The van der Waals surface area contributed by atoms with Gasteiger partial charge in [0.05, 0.1) is 23.3 Å². The Balaban J connectivity index is 1.75. The Bertz CT molecular complexity index is 1180. The Morgan fingerprint density at radius 3 is 2.56 bits per heavy atom. The van der Waals surface area contributed by atoms with Crippen molar-refractivity contribution in [2.24, 2.45) is 7.05 Å². The number of thiophene rings is 2. The third-order valence-corrected chi connectivity index (χ3v) is 7.62. The lowest BCUT2D eigenvalue weighted by atomic mass is 10.1. The van der Waals surface area contributed by atoms with Crippen LogP contribution in [0.25, 0.3) is 11.4 Å². The lowest BCUT2D eigenvalue weighted by Crippen LogP contribution is -2.21. The van der Waals surface area contributed by atoms with Crippen LogP contribution >= 0.6 is 34.4 Å². The second kappa shape index (κ2) is 9.84. The fraction of sp³-hybridized carbons (Fsp3) is 0.350. The van der Waals surface area contributed by atoms with Gasteiger partial charge < -0.3 is 19.5 Å². The molecule has 0 aliphatic rings. The van der Waals surface area contributed by atoms with E-state index >= 15 is 0 Å². The minimum absolute atomic E-state index is 0.0587. The van der Waals surface area contributed by atoms with Crippen LogP contribution in [-0.4, -0.2) is 64.4 Å². The number of hydrogen-bond acceptors (Lipinski definition) is 9. The van der Waals surface area contributed by atoms with Gasteiger partial charge in [-0.1, -0.05) is 11.8 Å². The van der Waals surface area contributed by atoms with Gasteiger partial charge >= 0.3 is 5.97 Å². The number of aryl methyl sites for hydroxylation is 1. The highest BCUT2D eigenvalue weighted by Gasteiger charge is 2.27. The van der Waals surface area contributed by atoms with E-state index in [1.807, 2.05) is 30.0 Å². The van der Waals surface area contributed by atoms with Crippen molar-refractivity contribution in [3.63, 3.8) is 0 Å². The monoisotopic (exact) mass is 493 g/mol. The van der Waals surface area contributed by atoms with Crippen LogP contribution in [0.1, 0.15) is 30.5 Å². The first kappa shape index (κ1) is 24.0. The fourth-order valence-corrected chi connectivity index (χ4v) is 5.53. The average molecular weight is 494 g/mol. The molecule has 3 rings (SSSR count). The van der Waals surface area contributed by atoms with E-state index in [1.165, 1.54) is 28.6 Å². The number of anilines is 1. The van der Waals surface area contributed by atoms with E-state index < -0.39 is 5.97 Å². The highest BCUT2D eigenvalue weighted by molar-refractivity contribution is 7.99. The molecule has 3 aromatic rings. The van der Waals surface area contributed by atoms with E-state index in [1.54, 1.807) is 32.4 Å². The number of nitrogens with zero attached hydrogens (tertiary/aromatic N) is 4. The normalized spacial score (nSPS) is 10.8. The summed E-state index contributed by atoms with van der Waals surface area (Å²) in [5.74, 6) is -0.401. The molecule has 0 fully saturated rings. The molecule has 0 aliphatic carbocycles. The maximum Gasteiger partial charge on any atom is 0.341 e. The molecular formula is C20H23N5O4S3. The minimum atomic E-state index is -0.608. The molecule has 1 N–H and O–H groups in total. The zero-order valence-electron chi connectivity index (χ0n) is 18.5. The predicted molar refractivity (Wildman–Crippen MR) is 127 cm³/mol. The van der Waals surface area contributed by atoms with Gasteiger partial charge in [0.15, 0.2) is 11.0 Å². The number of amides is 2. The number of ether oxygens (including phenoxy) is 1. The van der Waals surface area contributed by atoms with Crippen LogP contribution in [0.4, 0.5) is 5.00 Å². The van der Waals surface area contributed by atoms with Crippen LogP contribution in [0.15, 0.2) is 16.6 Å². The van der Waals surface area contributed by atoms with Gasteiger partial charge in [0.1, 0.15) is 5.00 Å². The van der Waals surface area contributed by atoms with Crippen molar-refractivity contribution >= 4 is 57.2 Å². The first-order valence-corrected chi connectivity index (χ1v) is 12.1. The maximum absolute atomic E-state index is 12.6. The first-order chi connectivity index (χ1) is 15.1. The molecule has 0 saturated heterocycles. The Kier molecular flexibility index (Phi) is 7.36. The summed E-state index contributed by atoms with van der Waals surface area (Å²) in [5.41, 5.74) is 1.65. The molecule has 0 bridgehead atoms. The topological polar surface area (TPSA) is 106 Å².